The van der Waals surface area contributed by atoms with E-state index >= 15 is 0 Å². The van der Waals surface area contributed by atoms with Gasteiger partial charge in [0.15, 0.2) is 0 Å². The van der Waals surface area contributed by atoms with Gasteiger partial charge in [-0.1, -0.05) is 0 Å². The van der Waals surface area contributed by atoms with Crippen LogP contribution in [0.4, 0.5) is 13.8 Å². The summed E-state index contributed by atoms with van der Waals surface area (Å²) in [4.78, 5) is 37.8. The Hall–Kier alpha value is -2.07. The van der Waals surface area contributed by atoms with Crippen LogP contribution in [-0.2, 0) is 14.3 Å². The van der Waals surface area contributed by atoms with E-state index in [1.54, 1.807) is 11.4 Å². The number of methoxy groups -OCH3 is 1. The van der Waals surface area contributed by atoms with Crippen LogP contribution in [0.5, 0.6) is 0 Å². The molecule has 2 atom stereocenters. The molecule has 2 amide bonds. The maximum atomic E-state index is 13.2. The van der Waals surface area contributed by atoms with E-state index in [9.17, 15) is 23.2 Å². The Labute approximate surface area is 146 Å². The molecule has 0 saturated carbocycles. The van der Waals surface area contributed by atoms with Crippen LogP contribution in [0.2, 0.25) is 0 Å². The van der Waals surface area contributed by atoms with E-state index < -0.39 is 42.8 Å². The van der Waals surface area contributed by atoms with Gasteiger partial charge in [0, 0.05) is 13.0 Å². The fraction of sp³-hybridized carbons (Fsp3) is 0.533. The van der Waals surface area contributed by atoms with Crippen molar-refractivity contribution in [2.75, 3.05) is 25.1 Å². The fourth-order valence-electron chi connectivity index (χ4n) is 2.96. The number of hydrogen-bond acceptors (Lipinski definition) is 6. The summed E-state index contributed by atoms with van der Waals surface area (Å²) in [7, 11) is 1.25. The largest absolute Gasteiger partial charge is 0.465 e. The molecule has 0 spiro atoms. The number of nitrogens with zero attached hydrogens (tertiary/aromatic N) is 1. The number of amides is 2. The van der Waals surface area contributed by atoms with Gasteiger partial charge in [-0.2, -0.15) is 0 Å². The Bertz CT molecular complexity index is 709. The minimum absolute atomic E-state index is 0.282. The molecule has 2 saturated heterocycles. The molecule has 2 aliphatic heterocycles. The summed E-state index contributed by atoms with van der Waals surface area (Å²) in [5.74, 6) is -4.45. The van der Waals surface area contributed by atoms with Crippen LogP contribution in [-0.4, -0.2) is 56.0 Å². The van der Waals surface area contributed by atoms with Crippen LogP contribution in [0.1, 0.15) is 23.2 Å². The second-order valence-electron chi connectivity index (χ2n) is 5.96. The van der Waals surface area contributed by atoms with Gasteiger partial charge in [0.25, 0.3) is 5.92 Å². The lowest BCUT2D eigenvalue weighted by Crippen LogP contribution is -2.48. The van der Waals surface area contributed by atoms with Gasteiger partial charge in [0.1, 0.15) is 11.0 Å². The molecule has 0 aliphatic carbocycles. The van der Waals surface area contributed by atoms with Crippen molar-refractivity contribution in [2.45, 2.75) is 30.8 Å². The fourth-order valence-corrected chi connectivity index (χ4v) is 3.88. The summed E-state index contributed by atoms with van der Waals surface area (Å²) in [6.07, 6.45) is -0.243. The highest BCUT2D eigenvalue weighted by atomic mass is 32.1. The smallest absolute Gasteiger partial charge is 0.340 e. The summed E-state index contributed by atoms with van der Waals surface area (Å²) in [6.45, 7) is -0.226. The number of carbonyl (C=O) groups excluding carboxylic acids is 3. The third kappa shape index (κ3) is 3.49. The zero-order valence-electron chi connectivity index (χ0n) is 13.4. The average molecular weight is 373 g/mol. The lowest BCUT2D eigenvalue weighted by atomic mass is 10.1. The second-order valence-corrected chi connectivity index (χ2v) is 6.86. The van der Waals surface area contributed by atoms with Gasteiger partial charge in [0.05, 0.1) is 25.3 Å². The molecule has 0 bridgehead atoms. The zero-order valence-corrected chi connectivity index (χ0v) is 14.2. The normalized spacial score (nSPS) is 25.2. The van der Waals surface area contributed by atoms with E-state index in [0.717, 1.165) is 0 Å². The van der Waals surface area contributed by atoms with Crippen molar-refractivity contribution in [3.8, 4) is 0 Å². The lowest BCUT2D eigenvalue weighted by Gasteiger charge is -2.18. The number of ether oxygens (including phenoxy) is 1. The highest BCUT2D eigenvalue weighted by Crippen LogP contribution is 2.32. The quantitative estimate of drug-likeness (QED) is 0.761. The molecule has 1 aromatic rings. The number of halogens is 2. The molecule has 2 N–H and O–H groups in total. The predicted molar refractivity (Wildman–Crippen MR) is 85.9 cm³/mol. The van der Waals surface area contributed by atoms with Gasteiger partial charge in [-0.05, 0) is 17.9 Å². The summed E-state index contributed by atoms with van der Waals surface area (Å²) >= 11 is 1.22. The van der Waals surface area contributed by atoms with Crippen LogP contribution in [0.15, 0.2) is 11.4 Å². The lowest BCUT2D eigenvalue weighted by molar-refractivity contribution is -0.127. The third-order valence-corrected chi connectivity index (χ3v) is 5.18. The molecule has 1 aromatic heterocycles. The van der Waals surface area contributed by atoms with Gasteiger partial charge in [-0.25, -0.2) is 13.6 Å². The molecule has 2 unspecified atom stereocenters. The summed E-state index contributed by atoms with van der Waals surface area (Å²) < 4.78 is 31.1. The minimum Gasteiger partial charge on any atom is -0.465 e. The topological polar surface area (TPSA) is 87.7 Å². The van der Waals surface area contributed by atoms with E-state index in [1.807, 2.05) is 0 Å². The standard InChI is InChI=1S/C15H17F2N3O4S/c1-24-14(23)8-3-5-25-13(8)20-4-2-9(12(20)22)19-11(21)10-6-15(16,17)7-18-10/h3,5,9-10,18H,2,4,6-7H2,1H3,(H,19,21). The van der Waals surface area contributed by atoms with Crippen molar-refractivity contribution in [3.05, 3.63) is 17.0 Å². The first-order valence-electron chi connectivity index (χ1n) is 7.71. The molecule has 0 aromatic carbocycles. The van der Waals surface area contributed by atoms with Gasteiger partial charge in [-0.3, -0.25) is 14.9 Å². The van der Waals surface area contributed by atoms with Crippen LogP contribution < -0.4 is 15.5 Å². The number of thiophene rings is 1. The van der Waals surface area contributed by atoms with Gasteiger partial charge in [0.2, 0.25) is 11.8 Å². The molecule has 136 valence electrons. The maximum absolute atomic E-state index is 13.2. The van der Waals surface area contributed by atoms with Gasteiger partial charge >= 0.3 is 5.97 Å². The Morgan fingerprint density at radius 2 is 2.24 bits per heavy atom. The highest BCUT2D eigenvalue weighted by Gasteiger charge is 2.44. The third-order valence-electron chi connectivity index (χ3n) is 4.24. The molecule has 0 radical (unpaired) electrons. The van der Waals surface area contributed by atoms with Crippen LogP contribution >= 0.6 is 11.3 Å². The Morgan fingerprint density at radius 1 is 1.48 bits per heavy atom. The van der Waals surface area contributed by atoms with E-state index in [4.69, 9.17) is 0 Å². The zero-order chi connectivity index (χ0) is 18.2. The Balaban J connectivity index is 1.66. The van der Waals surface area contributed by atoms with Crippen molar-refractivity contribution >= 4 is 34.1 Å². The molecule has 10 heteroatoms. The molecule has 2 fully saturated rings. The monoisotopic (exact) mass is 373 g/mol. The Kier molecular flexibility index (Phi) is 4.74. The summed E-state index contributed by atoms with van der Waals surface area (Å²) in [5, 5.41) is 7.11. The molecule has 3 heterocycles. The number of nitrogens with one attached hydrogen (secondary N) is 2. The van der Waals surface area contributed by atoms with Crippen molar-refractivity contribution in [1.82, 2.24) is 10.6 Å². The molecular formula is C15H17F2N3O4S. The maximum Gasteiger partial charge on any atom is 0.340 e. The van der Waals surface area contributed by atoms with Crippen molar-refractivity contribution in [1.29, 1.82) is 0 Å². The number of alkyl halides is 2. The van der Waals surface area contributed by atoms with E-state index in [2.05, 4.69) is 15.4 Å². The molecule has 7 nitrogen and oxygen atoms in total. The first kappa shape index (κ1) is 17.7. The Morgan fingerprint density at radius 3 is 2.88 bits per heavy atom. The second kappa shape index (κ2) is 6.68. The van der Waals surface area contributed by atoms with Crippen molar-refractivity contribution in [2.24, 2.45) is 0 Å². The molecule has 25 heavy (non-hydrogen) atoms. The molecular weight excluding hydrogens is 356 g/mol. The van der Waals surface area contributed by atoms with Crippen LogP contribution in [0, 0.1) is 0 Å². The van der Waals surface area contributed by atoms with Gasteiger partial charge in [-0.15, -0.1) is 11.3 Å². The molecule has 2 aliphatic rings. The first-order valence-corrected chi connectivity index (χ1v) is 8.59. The first-order chi connectivity index (χ1) is 11.8. The van der Waals surface area contributed by atoms with E-state index in [-0.39, 0.29) is 11.5 Å². The molecule has 3 rings (SSSR count). The minimum atomic E-state index is -2.92. The average Bonchev–Trinajstić information content (AvgIpc) is 3.26. The van der Waals surface area contributed by atoms with Crippen molar-refractivity contribution < 1.29 is 27.9 Å². The van der Waals surface area contributed by atoms with Gasteiger partial charge < -0.3 is 15.0 Å². The van der Waals surface area contributed by atoms with Crippen LogP contribution in [0.3, 0.4) is 0 Å². The summed E-state index contributed by atoms with van der Waals surface area (Å²) in [6, 6.07) is -0.240. The van der Waals surface area contributed by atoms with E-state index in [1.165, 1.54) is 23.3 Å². The number of rotatable bonds is 4. The van der Waals surface area contributed by atoms with Crippen molar-refractivity contribution in [3.63, 3.8) is 0 Å². The summed E-state index contributed by atoms with van der Waals surface area (Å²) in [5.41, 5.74) is 0.282. The number of carbonyl (C=O) groups is 3. The number of anilines is 1. The number of hydrogen-bond donors (Lipinski definition) is 2. The van der Waals surface area contributed by atoms with Crippen LogP contribution in [0.25, 0.3) is 0 Å². The number of esters is 1. The SMILES string of the molecule is COC(=O)c1ccsc1N1CCC(NC(=O)C2CC(F)(F)CN2)C1=O. The van der Waals surface area contributed by atoms with E-state index in [0.29, 0.717) is 18.0 Å². The highest BCUT2D eigenvalue weighted by molar-refractivity contribution is 7.14. The predicted octanol–water partition coefficient (Wildman–Crippen LogP) is 0.753.